The molecule has 1 atom stereocenters. The van der Waals surface area contributed by atoms with Gasteiger partial charge >= 0.3 is 0 Å². The van der Waals surface area contributed by atoms with E-state index >= 15 is 0 Å². The van der Waals surface area contributed by atoms with E-state index in [2.05, 4.69) is 6.92 Å². The number of halogens is 3. The van der Waals surface area contributed by atoms with E-state index in [9.17, 15) is 18.0 Å². The van der Waals surface area contributed by atoms with Crippen molar-refractivity contribution in [2.24, 2.45) is 0 Å². The van der Waals surface area contributed by atoms with E-state index in [0.717, 1.165) is 22.3 Å². The summed E-state index contributed by atoms with van der Waals surface area (Å²) in [6.07, 6.45) is 0. The maximum absolute atomic E-state index is 13.9. The summed E-state index contributed by atoms with van der Waals surface area (Å²) in [7, 11) is 0. The molecule has 7 heteroatoms. The van der Waals surface area contributed by atoms with E-state index in [0.29, 0.717) is 0 Å². The number of carbonyl (C=O) groups is 1. The number of benzene rings is 2. The van der Waals surface area contributed by atoms with Gasteiger partial charge in [0.15, 0.2) is 17.5 Å². The highest BCUT2D eigenvalue weighted by atomic mass is 32.2. The summed E-state index contributed by atoms with van der Waals surface area (Å²) in [6.45, 7) is 1.98. The van der Waals surface area contributed by atoms with Gasteiger partial charge < -0.3 is 4.90 Å². The van der Waals surface area contributed by atoms with Gasteiger partial charge in [-0.15, -0.1) is 23.5 Å². The van der Waals surface area contributed by atoms with Crippen LogP contribution in [-0.2, 0) is 11.3 Å². The first-order chi connectivity index (χ1) is 12.0. The van der Waals surface area contributed by atoms with Crippen molar-refractivity contribution in [3.8, 4) is 0 Å². The minimum atomic E-state index is -1.51. The van der Waals surface area contributed by atoms with Crippen molar-refractivity contribution in [2.45, 2.75) is 23.7 Å². The third kappa shape index (κ3) is 3.82. The summed E-state index contributed by atoms with van der Waals surface area (Å²) >= 11 is 3.16. The Morgan fingerprint density at radius 1 is 1.12 bits per heavy atom. The highest BCUT2D eigenvalue weighted by Gasteiger charge is 2.33. The molecule has 0 N–H and O–H groups in total. The number of carbonyl (C=O) groups excluding carboxylic acids is 1. The quantitative estimate of drug-likeness (QED) is 0.536. The van der Waals surface area contributed by atoms with E-state index < -0.39 is 17.5 Å². The molecule has 25 heavy (non-hydrogen) atoms. The van der Waals surface area contributed by atoms with Crippen molar-refractivity contribution in [1.82, 2.24) is 4.90 Å². The molecule has 2 nitrogen and oxygen atoms in total. The minimum Gasteiger partial charge on any atom is -0.321 e. The highest BCUT2D eigenvalue weighted by Crippen LogP contribution is 2.40. The van der Waals surface area contributed by atoms with E-state index in [4.69, 9.17) is 0 Å². The number of nitrogens with zero attached hydrogens (tertiary/aromatic N) is 1. The summed E-state index contributed by atoms with van der Waals surface area (Å²) < 4.78 is 40.5. The van der Waals surface area contributed by atoms with Gasteiger partial charge in [-0.1, -0.05) is 25.1 Å². The molecule has 3 rings (SSSR count). The molecule has 1 aliphatic rings. The van der Waals surface area contributed by atoms with Crippen LogP contribution in [0.2, 0.25) is 0 Å². The van der Waals surface area contributed by atoms with Crippen molar-refractivity contribution >= 4 is 29.4 Å². The second-order valence-corrected chi connectivity index (χ2v) is 7.93. The van der Waals surface area contributed by atoms with Crippen LogP contribution in [0.1, 0.15) is 23.4 Å². The predicted octanol–water partition coefficient (Wildman–Crippen LogP) is 4.99. The Hall–Kier alpha value is -1.60. The Balaban J connectivity index is 1.84. The molecule has 1 aliphatic heterocycles. The van der Waals surface area contributed by atoms with Crippen LogP contribution >= 0.6 is 23.5 Å². The minimum absolute atomic E-state index is 0.0297. The van der Waals surface area contributed by atoms with Crippen LogP contribution in [0.15, 0.2) is 41.3 Å². The lowest BCUT2D eigenvalue weighted by molar-refractivity contribution is -0.128. The van der Waals surface area contributed by atoms with Gasteiger partial charge in [-0.3, -0.25) is 4.79 Å². The van der Waals surface area contributed by atoms with Crippen LogP contribution in [0.3, 0.4) is 0 Å². The van der Waals surface area contributed by atoms with Gasteiger partial charge in [-0.2, -0.15) is 0 Å². The average molecular weight is 383 g/mol. The average Bonchev–Trinajstić information content (AvgIpc) is 2.97. The monoisotopic (exact) mass is 383 g/mol. The van der Waals surface area contributed by atoms with Gasteiger partial charge in [-0.25, -0.2) is 13.2 Å². The fraction of sp³-hybridized carbons (Fsp3) is 0.278. The van der Waals surface area contributed by atoms with Gasteiger partial charge in [0.2, 0.25) is 5.91 Å². The molecular formula is C18H16F3NOS2. The zero-order valence-electron chi connectivity index (χ0n) is 13.5. The van der Waals surface area contributed by atoms with E-state index in [-0.39, 0.29) is 29.1 Å². The predicted molar refractivity (Wildman–Crippen MR) is 94.9 cm³/mol. The first-order valence-electron chi connectivity index (χ1n) is 7.77. The van der Waals surface area contributed by atoms with Crippen LogP contribution in [0, 0.1) is 17.5 Å². The second-order valence-electron chi connectivity index (χ2n) is 5.52. The third-order valence-corrected chi connectivity index (χ3v) is 6.05. The Kier molecular flexibility index (Phi) is 5.64. The van der Waals surface area contributed by atoms with Crippen LogP contribution in [0.4, 0.5) is 13.2 Å². The Bertz CT molecular complexity index is 783. The molecule has 1 unspecified atom stereocenters. The molecule has 2 aromatic rings. The van der Waals surface area contributed by atoms with Gasteiger partial charge in [-0.05, 0) is 29.5 Å². The van der Waals surface area contributed by atoms with E-state index in [1.165, 1.54) is 22.7 Å². The number of hydrogen-bond acceptors (Lipinski definition) is 3. The van der Waals surface area contributed by atoms with Crippen molar-refractivity contribution in [3.63, 3.8) is 0 Å². The molecule has 132 valence electrons. The second kappa shape index (κ2) is 7.74. The molecule has 0 aliphatic carbocycles. The molecule has 1 saturated heterocycles. The zero-order chi connectivity index (χ0) is 18.0. The summed E-state index contributed by atoms with van der Waals surface area (Å²) in [6, 6.07) is 9.94. The number of amides is 1. The number of hydrogen-bond donors (Lipinski definition) is 0. The lowest BCUT2D eigenvalue weighted by Crippen LogP contribution is -2.28. The highest BCUT2D eigenvalue weighted by molar-refractivity contribution is 8.00. The van der Waals surface area contributed by atoms with E-state index in [1.807, 2.05) is 24.3 Å². The smallest absolute Gasteiger partial charge is 0.234 e. The Labute approximate surface area is 152 Å². The molecule has 0 spiro atoms. The van der Waals surface area contributed by atoms with Crippen molar-refractivity contribution in [2.75, 3.05) is 11.5 Å². The molecule has 1 amide bonds. The largest absolute Gasteiger partial charge is 0.321 e. The van der Waals surface area contributed by atoms with Gasteiger partial charge in [0.25, 0.3) is 0 Å². The maximum Gasteiger partial charge on any atom is 0.234 e. The van der Waals surface area contributed by atoms with Crippen LogP contribution in [0.25, 0.3) is 0 Å². The topological polar surface area (TPSA) is 20.3 Å². The fourth-order valence-electron chi connectivity index (χ4n) is 2.67. The lowest BCUT2D eigenvalue weighted by atomic mass is 10.1. The molecule has 0 aromatic heterocycles. The number of thioether (sulfide) groups is 2. The van der Waals surface area contributed by atoms with Crippen LogP contribution < -0.4 is 0 Å². The summed E-state index contributed by atoms with van der Waals surface area (Å²) in [5.41, 5.74) is 0.900. The first kappa shape index (κ1) is 18.2. The van der Waals surface area contributed by atoms with Crippen LogP contribution in [-0.4, -0.2) is 22.3 Å². The molecular weight excluding hydrogens is 367 g/mol. The summed E-state index contributed by atoms with van der Waals surface area (Å²) in [5, 5.41) is -0.263. The van der Waals surface area contributed by atoms with Crippen LogP contribution in [0.5, 0.6) is 0 Å². The Morgan fingerprint density at radius 2 is 1.84 bits per heavy atom. The fourth-order valence-corrected chi connectivity index (χ4v) is 4.52. The normalized spacial score (nSPS) is 17.4. The number of rotatable bonds is 5. The van der Waals surface area contributed by atoms with Gasteiger partial charge in [0.05, 0.1) is 12.3 Å². The maximum atomic E-state index is 13.9. The molecule has 0 saturated carbocycles. The molecule has 0 radical (unpaired) electrons. The molecule has 0 bridgehead atoms. The van der Waals surface area contributed by atoms with Crippen molar-refractivity contribution < 1.29 is 18.0 Å². The van der Waals surface area contributed by atoms with Crippen molar-refractivity contribution in [1.29, 1.82) is 0 Å². The zero-order valence-corrected chi connectivity index (χ0v) is 15.1. The first-order valence-corrected chi connectivity index (χ1v) is 9.81. The molecule has 1 heterocycles. The van der Waals surface area contributed by atoms with E-state index in [1.54, 1.807) is 11.8 Å². The SMILES string of the molecule is CCSc1ccc(C2SCC(=O)N2Cc2ccc(F)c(F)c2F)cc1. The summed E-state index contributed by atoms with van der Waals surface area (Å²) in [4.78, 5) is 14.8. The molecule has 1 fully saturated rings. The van der Waals surface area contributed by atoms with Gasteiger partial charge in [0.1, 0.15) is 5.37 Å². The van der Waals surface area contributed by atoms with Crippen molar-refractivity contribution in [3.05, 3.63) is 65.0 Å². The summed E-state index contributed by atoms with van der Waals surface area (Å²) in [5.74, 6) is -2.87. The van der Waals surface area contributed by atoms with Gasteiger partial charge in [0, 0.05) is 10.5 Å². The lowest BCUT2D eigenvalue weighted by Gasteiger charge is -2.24. The third-order valence-electron chi connectivity index (χ3n) is 3.90. The standard InChI is InChI=1S/C18H16F3NOS2/c1-2-24-13-6-3-11(4-7-13)18-22(15(23)10-25-18)9-12-5-8-14(19)17(21)16(12)20/h3-8,18H,2,9-10H2,1H3. The molecule has 2 aromatic carbocycles. The Morgan fingerprint density at radius 3 is 2.52 bits per heavy atom.